The molecular formula is C21H25N3O2S. The molecule has 0 fully saturated rings. The Bertz CT molecular complexity index is 998. The third kappa shape index (κ3) is 3.39. The molecule has 142 valence electrons. The highest BCUT2D eigenvalue weighted by molar-refractivity contribution is 7.84. The number of ether oxygens (including phenoxy) is 1. The van der Waals surface area contributed by atoms with Crippen LogP contribution in [0.1, 0.15) is 36.1 Å². The fourth-order valence-electron chi connectivity index (χ4n) is 3.89. The first-order valence-corrected chi connectivity index (χ1v) is 10.7. The Balaban J connectivity index is 1.68. The van der Waals surface area contributed by atoms with Gasteiger partial charge in [-0.2, -0.15) is 0 Å². The van der Waals surface area contributed by atoms with E-state index in [0.29, 0.717) is 10.9 Å². The number of fused-ring (bicyclic) bond motifs is 2. The van der Waals surface area contributed by atoms with Crippen LogP contribution in [0, 0.1) is 6.92 Å². The number of aromatic amines is 1. The molecular weight excluding hydrogens is 358 g/mol. The van der Waals surface area contributed by atoms with E-state index in [1.54, 1.807) is 7.11 Å². The zero-order chi connectivity index (χ0) is 19.0. The van der Waals surface area contributed by atoms with Gasteiger partial charge in [-0.25, -0.2) is 4.98 Å². The van der Waals surface area contributed by atoms with Gasteiger partial charge in [0.05, 0.1) is 33.7 Å². The molecule has 2 unspecified atom stereocenters. The lowest BCUT2D eigenvalue weighted by molar-refractivity contribution is 0.0937. The van der Waals surface area contributed by atoms with E-state index in [9.17, 15) is 4.21 Å². The predicted octanol–water partition coefficient (Wildman–Crippen LogP) is 4.10. The van der Waals surface area contributed by atoms with E-state index >= 15 is 0 Å². The van der Waals surface area contributed by atoms with E-state index in [0.717, 1.165) is 41.7 Å². The van der Waals surface area contributed by atoms with E-state index in [2.05, 4.69) is 33.9 Å². The normalized spacial score (nSPS) is 17.9. The molecule has 0 aliphatic carbocycles. The van der Waals surface area contributed by atoms with Crippen molar-refractivity contribution < 1.29 is 8.95 Å². The zero-order valence-corrected chi connectivity index (χ0v) is 16.8. The monoisotopic (exact) mass is 383 g/mol. The maximum Gasteiger partial charge on any atom is 0.197 e. The number of methoxy groups -OCH3 is 1. The van der Waals surface area contributed by atoms with E-state index in [4.69, 9.17) is 4.74 Å². The number of H-pyrrole nitrogens is 1. The standard InChI is InChI=1S/C21H25N3O2S/c1-4-24-11-10-19(26-3)16-7-5-6-15(20(16)24)13-27(25)21-22-17-9-8-14(2)12-18(17)23-21/h5-9,12,19H,4,10-11,13H2,1-3H3,(H,22,23). The maximum atomic E-state index is 13.1. The Morgan fingerprint density at radius 3 is 2.96 bits per heavy atom. The van der Waals surface area contributed by atoms with E-state index in [1.807, 2.05) is 31.2 Å². The Morgan fingerprint density at radius 2 is 2.19 bits per heavy atom. The molecule has 0 spiro atoms. The first-order valence-electron chi connectivity index (χ1n) is 9.35. The number of nitrogens with one attached hydrogen (secondary N) is 1. The first kappa shape index (κ1) is 18.2. The van der Waals surface area contributed by atoms with Gasteiger partial charge in [0.2, 0.25) is 0 Å². The van der Waals surface area contributed by atoms with Crippen molar-refractivity contribution in [3.8, 4) is 0 Å². The number of nitrogens with zero attached hydrogens (tertiary/aromatic N) is 2. The van der Waals surface area contributed by atoms with E-state index in [1.165, 1.54) is 11.3 Å². The zero-order valence-electron chi connectivity index (χ0n) is 16.0. The number of rotatable bonds is 5. The highest BCUT2D eigenvalue weighted by atomic mass is 32.2. The summed E-state index contributed by atoms with van der Waals surface area (Å²) >= 11 is 0. The van der Waals surface area contributed by atoms with Gasteiger partial charge >= 0.3 is 0 Å². The summed E-state index contributed by atoms with van der Waals surface area (Å²) in [6.45, 7) is 6.08. The van der Waals surface area contributed by atoms with Crippen molar-refractivity contribution >= 4 is 27.5 Å². The second-order valence-corrected chi connectivity index (χ2v) is 8.37. The molecule has 0 saturated carbocycles. The van der Waals surface area contributed by atoms with Crippen LogP contribution in [0.15, 0.2) is 41.6 Å². The lowest BCUT2D eigenvalue weighted by atomic mass is 9.95. The molecule has 1 aliphatic heterocycles. The lowest BCUT2D eigenvalue weighted by Crippen LogP contribution is -2.32. The van der Waals surface area contributed by atoms with Crippen molar-refractivity contribution in [3.05, 3.63) is 53.1 Å². The molecule has 0 bridgehead atoms. The lowest BCUT2D eigenvalue weighted by Gasteiger charge is -2.36. The van der Waals surface area contributed by atoms with Crippen LogP contribution in [-0.2, 0) is 21.3 Å². The van der Waals surface area contributed by atoms with Gasteiger partial charge in [0.15, 0.2) is 5.16 Å². The third-order valence-electron chi connectivity index (χ3n) is 5.26. The van der Waals surface area contributed by atoms with Gasteiger partial charge in [-0.15, -0.1) is 0 Å². The summed E-state index contributed by atoms with van der Waals surface area (Å²) in [7, 11) is 0.525. The molecule has 27 heavy (non-hydrogen) atoms. The van der Waals surface area contributed by atoms with Gasteiger partial charge in [-0.1, -0.05) is 24.3 Å². The first-order chi connectivity index (χ1) is 13.1. The number of aryl methyl sites for hydroxylation is 1. The smallest absolute Gasteiger partial charge is 0.197 e. The van der Waals surface area contributed by atoms with Crippen molar-refractivity contribution in [2.45, 2.75) is 37.3 Å². The van der Waals surface area contributed by atoms with Crippen molar-refractivity contribution in [1.29, 1.82) is 0 Å². The average molecular weight is 384 g/mol. The highest BCUT2D eigenvalue weighted by Gasteiger charge is 2.27. The molecule has 5 nitrogen and oxygen atoms in total. The molecule has 0 saturated heterocycles. The molecule has 4 rings (SSSR count). The minimum atomic E-state index is -1.24. The van der Waals surface area contributed by atoms with Crippen LogP contribution in [0.4, 0.5) is 5.69 Å². The maximum absolute atomic E-state index is 13.1. The number of anilines is 1. The fraction of sp³-hybridized carbons (Fsp3) is 0.381. The summed E-state index contributed by atoms with van der Waals surface area (Å²) in [6.07, 6.45) is 1.08. The molecule has 1 aromatic heterocycles. The Hall–Kier alpha value is -2.18. The summed E-state index contributed by atoms with van der Waals surface area (Å²) < 4.78 is 18.8. The van der Waals surface area contributed by atoms with Gasteiger partial charge in [0, 0.05) is 31.5 Å². The minimum Gasteiger partial charge on any atom is -0.377 e. The van der Waals surface area contributed by atoms with Crippen LogP contribution in [0.2, 0.25) is 0 Å². The molecule has 2 aromatic carbocycles. The summed E-state index contributed by atoms with van der Waals surface area (Å²) in [5.41, 5.74) is 6.41. The number of imidazole rings is 1. The Morgan fingerprint density at radius 1 is 1.33 bits per heavy atom. The molecule has 1 N–H and O–H groups in total. The van der Waals surface area contributed by atoms with Gasteiger partial charge in [-0.05, 0) is 43.5 Å². The number of para-hydroxylation sites is 1. The molecule has 6 heteroatoms. The largest absolute Gasteiger partial charge is 0.377 e. The third-order valence-corrected chi connectivity index (χ3v) is 6.46. The van der Waals surface area contributed by atoms with Crippen molar-refractivity contribution in [1.82, 2.24) is 9.97 Å². The minimum absolute atomic E-state index is 0.102. The Labute approximate surface area is 162 Å². The summed E-state index contributed by atoms with van der Waals surface area (Å²) in [5, 5.41) is 0.537. The quantitative estimate of drug-likeness (QED) is 0.721. The van der Waals surface area contributed by atoms with E-state index in [-0.39, 0.29) is 6.10 Å². The average Bonchev–Trinajstić information content (AvgIpc) is 3.10. The van der Waals surface area contributed by atoms with Gasteiger partial charge < -0.3 is 14.6 Å². The summed E-state index contributed by atoms with van der Waals surface area (Å²) in [4.78, 5) is 10.1. The fourth-order valence-corrected chi connectivity index (χ4v) is 4.97. The highest BCUT2D eigenvalue weighted by Crippen LogP contribution is 2.38. The molecule has 0 radical (unpaired) electrons. The molecule has 1 aliphatic rings. The van der Waals surface area contributed by atoms with Gasteiger partial charge in [-0.3, -0.25) is 4.21 Å². The van der Waals surface area contributed by atoms with Crippen LogP contribution in [0.5, 0.6) is 0 Å². The Kier molecular flexibility index (Phi) is 5.02. The van der Waals surface area contributed by atoms with Gasteiger partial charge in [0.1, 0.15) is 0 Å². The van der Waals surface area contributed by atoms with Crippen LogP contribution in [0.3, 0.4) is 0 Å². The van der Waals surface area contributed by atoms with Crippen LogP contribution < -0.4 is 4.90 Å². The molecule has 3 aromatic rings. The number of aromatic nitrogens is 2. The number of hydrogen-bond donors (Lipinski definition) is 1. The summed E-state index contributed by atoms with van der Waals surface area (Å²) in [5.74, 6) is 0.439. The molecule has 0 amide bonds. The van der Waals surface area contributed by atoms with Crippen LogP contribution in [-0.4, -0.2) is 34.4 Å². The summed E-state index contributed by atoms with van der Waals surface area (Å²) in [6, 6.07) is 12.3. The number of benzene rings is 2. The predicted molar refractivity (Wildman–Crippen MR) is 110 cm³/mol. The molecule has 2 heterocycles. The topological polar surface area (TPSA) is 58.2 Å². The molecule has 2 atom stereocenters. The van der Waals surface area contributed by atoms with E-state index < -0.39 is 10.8 Å². The van der Waals surface area contributed by atoms with Crippen molar-refractivity contribution in [2.24, 2.45) is 0 Å². The van der Waals surface area contributed by atoms with Crippen LogP contribution in [0.25, 0.3) is 11.0 Å². The second kappa shape index (κ2) is 7.44. The second-order valence-electron chi connectivity index (χ2n) is 7.00. The van der Waals surface area contributed by atoms with Crippen molar-refractivity contribution in [3.63, 3.8) is 0 Å². The van der Waals surface area contributed by atoms with Gasteiger partial charge in [0.25, 0.3) is 0 Å². The van der Waals surface area contributed by atoms with Crippen LogP contribution >= 0.6 is 0 Å². The van der Waals surface area contributed by atoms with Crippen molar-refractivity contribution in [2.75, 3.05) is 25.1 Å². The SMILES string of the molecule is CCN1CCC(OC)c2cccc(CS(=O)c3nc4ccc(C)cc4[nH]3)c21. The number of hydrogen-bond acceptors (Lipinski definition) is 4.